The van der Waals surface area contributed by atoms with Crippen molar-refractivity contribution in [2.24, 2.45) is 0 Å². The van der Waals surface area contributed by atoms with Crippen molar-refractivity contribution in [3.05, 3.63) is 28.8 Å². The molecule has 0 bridgehead atoms. The summed E-state index contributed by atoms with van der Waals surface area (Å²) in [5, 5.41) is 8.90. The summed E-state index contributed by atoms with van der Waals surface area (Å²) in [4.78, 5) is 11.4. The average Bonchev–Trinajstić information content (AvgIpc) is 2.39. The van der Waals surface area contributed by atoms with Gasteiger partial charge in [0, 0.05) is 10.8 Å². The number of rotatable bonds is 5. The summed E-state index contributed by atoms with van der Waals surface area (Å²) in [5.41, 5.74) is -4.11. The van der Waals surface area contributed by atoms with Crippen LogP contribution in [-0.4, -0.2) is 18.1 Å². The van der Waals surface area contributed by atoms with Gasteiger partial charge in [0.15, 0.2) is 0 Å². The predicted molar refractivity (Wildman–Crippen MR) is 73.0 cm³/mol. The summed E-state index contributed by atoms with van der Waals surface area (Å²) in [6.45, 7) is 1.72. The Morgan fingerprint density at radius 2 is 2.05 bits per heavy atom. The van der Waals surface area contributed by atoms with Crippen molar-refractivity contribution in [3.63, 3.8) is 0 Å². The van der Waals surface area contributed by atoms with Crippen LogP contribution < -0.4 is 0 Å². The first-order chi connectivity index (χ1) is 9.80. The molecule has 8 heteroatoms. The first-order valence-electron chi connectivity index (χ1n) is 5.84. The summed E-state index contributed by atoms with van der Waals surface area (Å²) in [7, 11) is 0. The van der Waals surface area contributed by atoms with Gasteiger partial charge in [-0.1, -0.05) is 0 Å². The Bertz CT molecular complexity index is 570. The zero-order chi connectivity index (χ0) is 16.0. The van der Waals surface area contributed by atoms with Crippen LogP contribution in [0.5, 0.6) is 0 Å². The molecule has 0 N–H and O–H groups in total. The lowest BCUT2D eigenvalue weighted by molar-refractivity contribution is -0.142. The maximum atomic E-state index is 12.6. The quantitative estimate of drug-likeness (QED) is 0.462. The molecule has 0 saturated heterocycles. The molecule has 1 aromatic carbocycles. The number of hydrogen-bond acceptors (Lipinski definition) is 4. The number of nitrogens with zero attached hydrogens (tertiary/aromatic N) is 1. The highest BCUT2D eigenvalue weighted by atomic mass is 35.5. The standard InChI is InChI=1S/C13H11ClF3NO2S/c1-2-20-11(19)5-9-3-8(7-18)4-10(6-14)12(9)21-13(15,16)17/h3-4H,2,5-6H2,1H3. The number of thioether (sulfide) groups is 1. The van der Waals surface area contributed by atoms with Crippen molar-refractivity contribution >= 4 is 29.3 Å². The largest absolute Gasteiger partial charge is 0.466 e. The molecule has 0 aliphatic rings. The van der Waals surface area contributed by atoms with Gasteiger partial charge in [-0.3, -0.25) is 4.79 Å². The van der Waals surface area contributed by atoms with E-state index < -0.39 is 11.5 Å². The normalized spacial score (nSPS) is 11.0. The first-order valence-corrected chi connectivity index (χ1v) is 7.19. The van der Waals surface area contributed by atoms with Crippen LogP contribution in [0.15, 0.2) is 17.0 Å². The molecule has 21 heavy (non-hydrogen) atoms. The van der Waals surface area contributed by atoms with E-state index in [2.05, 4.69) is 0 Å². The van der Waals surface area contributed by atoms with E-state index >= 15 is 0 Å². The lowest BCUT2D eigenvalue weighted by atomic mass is 10.0. The number of carbonyl (C=O) groups excluding carboxylic acids is 1. The van der Waals surface area contributed by atoms with Crippen LogP contribution in [0.1, 0.15) is 23.6 Å². The molecule has 0 fully saturated rings. The average molecular weight is 338 g/mol. The van der Waals surface area contributed by atoms with E-state index in [0.717, 1.165) is 0 Å². The second-order valence-corrected chi connectivity index (χ2v) is 5.24. The molecule has 1 rings (SSSR count). The number of ether oxygens (including phenoxy) is 1. The Morgan fingerprint density at radius 1 is 1.43 bits per heavy atom. The predicted octanol–water partition coefficient (Wildman–Crippen LogP) is 4.01. The van der Waals surface area contributed by atoms with Gasteiger partial charge in [-0.15, -0.1) is 11.6 Å². The second kappa shape index (κ2) is 7.57. The molecule has 0 aromatic heterocycles. The van der Waals surface area contributed by atoms with Gasteiger partial charge < -0.3 is 4.74 Å². The SMILES string of the molecule is CCOC(=O)Cc1cc(C#N)cc(CCl)c1SC(F)(F)F. The topological polar surface area (TPSA) is 50.1 Å². The molecule has 0 heterocycles. The van der Waals surface area contributed by atoms with Crippen LogP contribution in [0.2, 0.25) is 0 Å². The van der Waals surface area contributed by atoms with E-state index in [9.17, 15) is 18.0 Å². The molecule has 0 radical (unpaired) electrons. The smallest absolute Gasteiger partial charge is 0.446 e. The van der Waals surface area contributed by atoms with Crippen LogP contribution in [0.4, 0.5) is 13.2 Å². The molecule has 0 saturated carbocycles. The van der Waals surface area contributed by atoms with Crippen LogP contribution in [-0.2, 0) is 21.8 Å². The van der Waals surface area contributed by atoms with Gasteiger partial charge in [0.25, 0.3) is 0 Å². The number of alkyl halides is 4. The van der Waals surface area contributed by atoms with E-state index in [4.69, 9.17) is 21.6 Å². The molecule has 0 spiro atoms. The van der Waals surface area contributed by atoms with Gasteiger partial charge in [0.2, 0.25) is 0 Å². The third kappa shape index (κ3) is 5.48. The number of nitriles is 1. The number of halogens is 4. The van der Waals surface area contributed by atoms with Gasteiger partial charge in [-0.2, -0.15) is 18.4 Å². The lowest BCUT2D eigenvalue weighted by Crippen LogP contribution is -2.11. The van der Waals surface area contributed by atoms with Gasteiger partial charge in [-0.05, 0) is 41.9 Å². The van der Waals surface area contributed by atoms with Crippen molar-refractivity contribution in [2.75, 3.05) is 6.61 Å². The Morgan fingerprint density at radius 3 is 2.52 bits per heavy atom. The van der Waals surface area contributed by atoms with Gasteiger partial charge in [0.1, 0.15) is 0 Å². The van der Waals surface area contributed by atoms with Gasteiger partial charge >= 0.3 is 11.5 Å². The Kier molecular flexibility index (Phi) is 6.37. The van der Waals surface area contributed by atoms with Gasteiger partial charge in [-0.25, -0.2) is 0 Å². The van der Waals surface area contributed by atoms with Gasteiger partial charge in [0.05, 0.1) is 24.7 Å². The van der Waals surface area contributed by atoms with E-state index in [0.29, 0.717) is 0 Å². The first kappa shape index (κ1) is 17.7. The summed E-state index contributed by atoms with van der Waals surface area (Å²) < 4.78 is 42.7. The number of esters is 1. The highest BCUT2D eigenvalue weighted by Crippen LogP contribution is 2.41. The summed E-state index contributed by atoms with van der Waals surface area (Å²) in [6.07, 6.45) is -0.342. The molecule has 0 amide bonds. The molecule has 114 valence electrons. The van der Waals surface area contributed by atoms with Crippen LogP contribution in [0, 0.1) is 11.3 Å². The van der Waals surface area contributed by atoms with E-state index in [1.54, 1.807) is 6.92 Å². The van der Waals surface area contributed by atoms with E-state index in [1.165, 1.54) is 12.1 Å². The van der Waals surface area contributed by atoms with Crippen LogP contribution in [0.25, 0.3) is 0 Å². The van der Waals surface area contributed by atoms with Crippen LogP contribution >= 0.6 is 23.4 Å². The van der Waals surface area contributed by atoms with E-state index in [1.807, 2.05) is 6.07 Å². The highest BCUT2D eigenvalue weighted by Gasteiger charge is 2.32. The van der Waals surface area contributed by atoms with Crippen molar-refractivity contribution < 1.29 is 22.7 Å². The summed E-state index contributed by atoms with van der Waals surface area (Å²) in [5.74, 6) is -0.846. The Labute approximate surface area is 129 Å². The van der Waals surface area contributed by atoms with Crippen LogP contribution in [0.3, 0.4) is 0 Å². The minimum absolute atomic E-state index is 0.0884. The van der Waals surface area contributed by atoms with Crippen molar-refractivity contribution in [1.82, 2.24) is 0 Å². The zero-order valence-electron chi connectivity index (χ0n) is 11.0. The molecular formula is C13H11ClF3NO2S. The third-order valence-electron chi connectivity index (χ3n) is 2.37. The summed E-state index contributed by atoms with van der Waals surface area (Å²) >= 11 is 5.31. The molecule has 3 nitrogen and oxygen atoms in total. The summed E-state index contributed by atoms with van der Waals surface area (Å²) in [6, 6.07) is 4.37. The lowest BCUT2D eigenvalue weighted by Gasteiger charge is -2.15. The number of carbonyl (C=O) groups is 1. The molecule has 0 atom stereocenters. The van der Waals surface area contributed by atoms with E-state index in [-0.39, 0.29) is 52.3 Å². The molecule has 0 unspecified atom stereocenters. The monoisotopic (exact) mass is 337 g/mol. The Balaban J connectivity index is 3.28. The van der Waals surface area contributed by atoms with Crippen molar-refractivity contribution in [1.29, 1.82) is 5.26 Å². The zero-order valence-corrected chi connectivity index (χ0v) is 12.5. The maximum absolute atomic E-state index is 12.6. The third-order valence-corrected chi connectivity index (χ3v) is 3.62. The minimum Gasteiger partial charge on any atom is -0.466 e. The fourth-order valence-corrected chi connectivity index (χ4v) is 2.71. The number of hydrogen-bond donors (Lipinski definition) is 0. The highest BCUT2D eigenvalue weighted by molar-refractivity contribution is 8.00. The minimum atomic E-state index is -4.52. The maximum Gasteiger partial charge on any atom is 0.446 e. The molecule has 0 aliphatic heterocycles. The Hall–Kier alpha value is -1.39. The number of benzene rings is 1. The van der Waals surface area contributed by atoms with Crippen molar-refractivity contribution in [2.45, 2.75) is 29.6 Å². The fraction of sp³-hybridized carbons (Fsp3) is 0.385. The second-order valence-electron chi connectivity index (χ2n) is 3.90. The fourth-order valence-electron chi connectivity index (χ4n) is 1.66. The molecule has 1 aromatic rings. The molecule has 0 aliphatic carbocycles. The van der Waals surface area contributed by atoms with Crippen molar-refractivity contribution in [3.8, 4) is 6.07 Å². The molecular weight excluding hydrogens is 327 g/mol.